The zero-order valence-electron chi connectivity index (χ0n) is 21.0. The number of nitrogens with two attached hydrogens (primary N) is 1. The fourth-order valence-electron chi connectivity index (χ4n) is 4.22. The lowest BCUT2D eigenvalue weighted by molar-refractivity contribution is 0.0996. The van der Waals surface area contributed by atoms with E-state index in [4.69, 9.17) is 5.73 Å². The van der Waals surface area contributed by atoms with Gasteiger partial charge in [0.15, 0.2) is 0 Å². The number of hydrogen-bond acceptors (Lipinski definition) is 5. The van der Waals surface area contributed by atoms with Crippen molar-refractivity contribution in [1.29, 1.82) is 0 Å². The van der Waals surface area contributed by atoms with Gasteiger partial charge in [0.1, 0.15) is 17.5 Å². The quantitative estimate of drug-likeness (QED) is 0.287. The Balaban J connectivity index is 1.75. The van der Waals surface area contributed by atoms with Gasteiger partial charge in [-0.25, -0.2) is 31.1 Å². The molecule has 1 atom stereocenters. The Bertz CT molecular complexity index is 1690. The van der Waals surface area contributed by atoms with Crippen molar-refractivity contribution < 1.29 is 31.2 Å². The third kappa shape index (κ3) is 6.46. The molecule has 0 saturated heterocycles. The summed E-state index contributed by atoms with van der Waals surface area (Å²) in [5.74, 6) is -3.56. The monoisotopic (exact) mass is 568 g/mol. The Kier molecular flexibility index (Phi) is 8.19. The summed E-state index contributed by atoms with van der Waals surface area (Å²) in [6.45, 7) is 1.57. The summed E-state index contributed by atoms with van der Waals surface area (Å²) in [6.07, 6.45) is 1.18. The molecule has 0 radical (unpaired) electrons. The fourth-order valence-corrected chi connectivity index (χ4v) is 5.39. The van der Waals surface area contributed by atoms with E-state index >= 15 is 0 Å². The average molecular weight is 569 g/mol. The molecule has 1 heterocycles. The average Bonchev–Trinajstić information content (AvgIpc) is 2.87. The number of carbonyl (C=O) groups is 2. The molecular weight excluding hydrogens is 545 g/mol. The van der Waals surface area contributed by atoms with Crippen LogP contribution in [0.15, 0.2) is 83.9 Å². The summed E-state index contributed by atoms with van der Waals surface area (Å²) in [6, 6.07) is 13.3. The molecule has 1 aromatic heterocycles. The molecular formula is C28H23F3N4O4S. The molecule has 0 unspecified atom stereocenters. The highest BCUT2D eigenvalue weighted by molar-refractivity contribution is 7.90. The smallest absolute Gasteiger partial charge is 0.329 e. The number of benzene rings is 3. The zero-order chi connectivity index (χ0) is 29.0. The summed E-state index contributed by atoms with van der Waals surface area (Å²) >= 11 is 0. The van der Waals surface area contributed by atoms with E-state index in [9.17, 15) is 31.2 Å². The number of urea groups is 1. The first-order valence-corrected chi connectivity index (χ1v) is 13.3. The number of aryl methyl sites for hydroxylation is 1. The van der Waals surface area contributed by atoms with Gasteiger partial charge in [0, 0.05) is 17.8 Å². The Hall–Kier alpha value is -4.71. The van der Waals surface area contributed by atoms with Gasteiger partial charge < -0.3 is 11.1 Å². The number of carbonyl (C=O) groups excluding carboxylic acids is 2. The maximum absolute atomic E-state index is 14.1. The molecule has 0 aliphatic carbocycles. The third-order valence-electron chi connectivity index (χ3n) is 5.99. The Morgan fingerprint density at radius 2 is 1.65 bits per heavy atom. The van der Waals surface area contributed by atoms with Gasteiger partial charge in [-0.2, -0.15) is 0 Å². The van der Waals surface area contributed by atoms with E-state index in [1.807, 2.05) is 4.72 Å². The molecule has 0 aliphatic rings. The topological polar surface area (TPSA) is 131 Å². The number of rotatable bonds is 8. The molecule has 0 spiro atoms. The van der Waals surface area contributed by atoms with Crippen molar-refractivity contribution in [2.75, 3.05) is 0 Å². The van der Waals surface area contributed by atoms with E-state index in [1.165, 1.54) is 30.5 Å². The summed E-state index contributed by atoms with van der Waals surface area (Å²) < 4.78 is 69.8. The van der Waals surface area contributed by atoms with Gasteiger partial charge in [0.2, 0.25) is 0 Å². The molecule has 4 aromatic rings. The van der Waals surface area contributed by atoms with E-state index < -0.39 is 45.5 Å². The first-order valence-electron chi connectivity index (χ1n) is 11.8. The fraction of sp³-hybridized carbons (Fsp3) is 0.107. The van der Waals surface area contributed by atoms with Crippen molar-refractivity contribution >= 4 is 22.0 Å². The van der Waals surface area contributed by atoms with Crippen molar-refractivity contribution in [1.82, 2.24) is 15.0 Å². The third-order valence-corrected chi connectivity index (χ3v) is 7.48. The summed E-state index contributed by atoms with van der Waals surface area (Å²) in [7, 11) is -4.28. The highest BCUT2D eigenvalue weighted by atomic mass is 32.2. The maximum atomic E-state index is 14.1. The second kappa shape index (κ2) is 11.6. The Morgan fingerprint density at radius 1 is 0.950 bits per heavy atom. The first kappa shape index (κ1) is 28.3. The van der Waals surface area contributed by atoms with E-state index in [0.29, 0.717) is 22.8 Å². The SMILES string of the molecule is Cc1ccccc1S(=O)(=O)NC(=O)N[C@@H](Cc1cc(F)cc(F)c1)c1ncccc1-c1ccc(F)c(C(N)=O)c1. The van der Waals surface area contributed by atoms with Crippen LogP contribution in [0.4, 0.5) is 18.0 Å². The number of sulfonamides is 1. The van der Waals surface area contributed by atoms with Gasteiger partial charge in [0.25, 0.3) is 15.9 Å². The number of amides is 3. The minimum atomic E-state index is -4.28. The molecule has 4 rings (SSSR count). The molecule has 3 amide bonds. The van der Waals surface area contributed by atoms with Crippen molar-refractivity contribution in [2.24, 2.45) is 5.73 Å². The number of aromatic nitrogens is 1. The van der Waals surface area contributed by atoms with Gasteiger partial charge in [-0.1, -0.05) is 30.3 Å². The van der Waals surface area contributed by atoms with E-state index in [-0.39, 0.29) is 28.1 Å². The summed E-state index contributed by atoms with van der Waals surface area (Å²) in [5, 5.41) is 2.52. The zero-order valence-corrected chi connectivity index (χ0v) is 21.8. The first-order chi connectivity index (χ1) is 18.9. The standard InChI is InChI=1S/C28H23F3N4O4S/c1-16-5-2-3-7-25(16)40(38,39)35-28(37)34-24(13-17-11-19(29)15-20(30)12-17)26-21(6-4-10-33-26)18-8-9-23(31)22(14-18)27(32)36/h2-12,14-15,24H,13H2,1H3,(H2,32,36)(H2,34,35,37)/t24-/m0/s1. The van der Waals surface area contributed by atoms with Gasteiger partial charge in [-0.05, 0) is 66.4 Å². The van der Waals surface area contributed by atoms with Crippen molar-refractivity contribution in [3.63, 3.8) is 0 Å². The van der Waals surface area contributed by atoms with Crippen LogP contribution in [0.25, 0.3) is 11.1 Å². The normalized spacial score (nSPS) is 12.0. The van der Waals surface area contributed by atoms with Gasteiger partial charge >= 0.3 is 6.03 Å². The van der Waals surface area contributed by atoms with Crippen LogP contribution in [0.3, 0.4) is 0 Å². The van der Waals surface area contributed by atoms with E-state index in [1.54, 1.807) is 31.2 Å². The Morgan fingerprint density at radius 3 is 2.33 bits per heavy atom. The van der Waals surface area contributed by atoms with Crippen LogP contribution in [-0.4, -0.2) is 25.3 Å². The second-order valence-electron chi connectivity index (χ2n) is 8.87. The summed E-state index contributed by atoms with van der Waals surface area (Å²) in [4.78, 5) is 28.9. The molecule has 0 saturated carbocycles. The van der Waals surface area contributed by atoms with Gasteiger partial charge in [0.05, 0.1) is 22.2 Å². The largest absolute Gasteiger partial charge is 0.366 e. The van der Waals surface area contributed by atoms with Crippen LogP contribution in [0, 0.1) is 24.4 Å². The predicted molar refractivity (Wildman–Crippen MR) is 141 cm³/mol. The number of nitrogens with one attached hydrogen (secondary N) is 2. The maximum Gasteiger partial charge on any atom is 0.329 e. The molecule has 0 fully saturated rings. The molecule has 3 aromatic carbocycles. The summed E-state index contributed by atoms with van der Waals surface area (Å²) in [5.41, 5.74) is 6.23. The molecule has 206 valence electrons. The van der Waals surface area contributed by atoms with Crippen LogP contribution in [0.2, 0.25) is 0 Å². The minimum absolute atomic E-state index is 0.113. The van der Waals surface area contributed by atoms with E-state index in [0.717, 1.165) is 18.2 Å². The number of pyridine rings is 1. The van der Waals surface area contributed by atoms with Crippen molar-refractivity contribution in [2.45, 2.75) is 24.3 Å². The molecule has 4 N–H and O–H groups in total. The molecule has 0 bridgehead atoms. The van der Waals surface area contributed by atoms with Crippen LogP contribution >= 0.6 is 0 Å². The van der Waals surface area contributed by atoms with E-state index in [2.05, 4.69) is 10.3 Å². The van der Waals surface area contributed by atoms with Crippen LogP contribution in [0.5, 0.6) is 0 Å². The van der Waals surface area contributed by atoms with Crippen LogP contribution in [-0.2, 0) is 16.4 Å². The minimum Gasteiger partial charge on any atom is -0.366 e. The lowest BCUT2D eigenvalue weighted by Crippen LogP contribution is -2.42. The number of nitrogens with zero attached hydrogens (tertiary/aromatic N) is 1. The van der Waals surface area contributed by atoms with Crippen molar-refractivity contribution in [3.05, 3.63) is 119 Å². The number of primary amides is 1. The van der Waals surface area contributed by atoms with Crippen molar-refractivity contribution in [3.8, 4) is 11.1 Å². The number of hydrogen-bond donors (Lipinski definition) is 3. The second-order valence-corrected chi connectivity index (χ2v) is 10.5. The molecule has 40 heavy (non-hydrogen) atoms. The highest BCUT2D eigenvalue weighted by Crippen LogP contribution is 2.30. The lowest BCUT2D eigenvalue weighted by atomic mass is 9.94. The highest BCUT2D eigenvalue weighted by Gasteiger charge is 2.25. The van der Waals surface area contributed by atoms with Gasteiger partial charge in [-0.15, -0.1) is 0 Å². The lowest BCUT2D eigenvalue weighted by Gasteiger charge is -2.22. The predicted octanol–water partition coefficient (Wildman–Crippen LogP) is 4.55. The molecule has 0 aliphatic heterocycles. The van der Waals surface area contributed by atoms with Crippen LogP contribution < -0.4 is 15.8 Å². The molecule has 8 nitrogen and oxygen atoms in total. The van der Waals surface area contributed by atoms with Crippen LogP contribution in [0.1, 0.15) is 33.2 Å². The Labute approximate surface area is 228 Å². The van der Waals surface area contributed by atoms with Gasteiger partial charge in [-0.3, -0.25) is 9.78 Å². The number of halogens is 3. The molecule has 12 heteroatoms.